The van der Waals surface area contributed by atoms with E-state index in [0.717, 1.165) is 6.42 Å². The van der Waals surface area contributed by atoms with Crippen LogP contribution in [0.5, 0.6) is 0 Å². The van der Waals surface area contributed by atoms with Crippen LogP contribution in [-0.2, 0) is 4.79 Å². The number of hydrogen-bond acceptors (Lipinski definition) is 5. The first-order chi connectivity index (χ1) is 8.56. The van der Waals surface area contributed by atoms with E-state index in [1.54, 1.807) is 0 Å². The van der Waals surface area contributed by atoms with Gasteiger partial charge in [-0.3, -0.25) is 14.9 Å². The first-order valence-corrected chi connectivity index (χ1v) is 5.63. The molecule has 2 heterocycles. The van der Waals surface area contributed by atoms with Gasteiger partial charge in [-0.1, -0.05) is 0 Å². The van der Waals surface area contributed by atoms with Gasteiger partial charge in [-0.05, 0) is 12.3 Å². The molecule has 1 aliphatic rings. The molecule has 0 aromatic carbocycles. The zero-order chi connectivity index (χ0) is 13.1. The van der Waals surface area contributed by atoms with Gasteiger partial charge >= 0.3 is 5.97 Å². The van der Waals surface area contributed by atoms with E-state index < -0.39 is 10.9 Å². The Morgan fingerprint density at radius 1 is 1.67 bits per heavy atom. The monoisotopic (exact) mass is 251 g/mol. The summed E-state index contributed by atoms with van der Waals surface area (Å²) in [5.74, 6) is -0.186. The van der Waals surface area contributed by atoms with Crippen molar-refractivity contribution in [1.82, 2.24) is 4.98 Å². The van der Waals surface area contributed by atoms with Crippen molar-refractivity contribution in [2.45, 2.75) is 12.8 Å². The van der Waals surface area contributed by atoms with Crippen LogP contribution in [0.4, 0.5) is 11.5 Å². The Bertz CT molecular complexity index is 477. The Labute approximate surface area is 103 Å². The highest BCUT2D eigenvalue weighted by Crippen LogP contribution is 2.26. The number of nitrogens with zero attached hydrogens (tertiary/aromatic N) is 3. The lowest BCUT2D eigenvalue weighted by atomic mass is 10.1. The molecule has 1 aliphatic heterocycles. The molecule has 1 N–H and O–H groups in total. The maximum absolute atomic E-state index is 10.7. The van der Waals surface area contributed by atoms with Gasteiger partial charge in [0.2, 0.25) is 0 Å². The maximum atomic E-state index is 10.7. The van der Waals surface area contributed by atoms with Crippen molar-refractivity contribution in [2.75, 3.05) is 18.0 Å². The summed E-state index contributed by atoms with van der Waals surface area (Å²) < 4.78 is 0. The molecule has 0 radical (unpaired) electrons. The lowest BCUT2D eigenvalue weighted by molar-refractivity contribution is -0.384. The second kappa shape index (κ2) is 4.99. The second-order valence-corrected chi connectivity index (χ2v) is 4.33. The number of aromatic nitrogens is 1. The van der Waals surface area contributed by atoms with E-state index in [0.29, 0.717) is 18.9 Å². The smallest absolute Gasteiger partial charge is 0.303 e. The highest BCUT2D eigenvalue weighted by Gasteiger charge is 2.26. The minimum Gasteiger partial charge on any atom is -0.481 e. The summed E-state index contributed by atoms with van der Waals surface area (Å²) in [5, 5.41) is 19.4. The molecule has 0 spiro atoms. The zero-order valence-electron chi connectivity index (χ0n) is 9.65. The Morgan fingerprint density at radius 2 is 2.44 bits per heavy atom. The molecule has 7 heteroatoms. The molecule has 1 atom stereocenters. The molecule has 0 bridgehead atoms. The molecular formula is C11H13N3O4. The van der Waals surface area contributed by atoms with E-state index in [2.05, 4.69) is 4.98 Å². The quantitative estimate of drug-likeness (QED) is 0.639. The van der Waals surface area contributed by atoms with Crippen molar-refractivity contribution in [3.8, 4) is 0 Å². The van der Waals surface area contributed by atoms with Crippen molar-refractivity contribution >= 4 is 17.5 Å². The maximum Gasteiger partial charge on any atom is 0.303 e. The molecule has 1 saturated heterocycles. The predicted molar refractivity (Wildman–Crippen MR) is 63.5 cm³/mol. The van der Waals surface area contributed by atoms with Gasteiger partial charge in [0.25, 0.3) is 5.69 Å². The van der Waals surface area contributed by atoms with E-state index in [-0.39, 0.29) is 18.0 Å². The molecule has 1 fully saturated rings. The van der Waals surface area contributed by atoms with Gasteiger partial charge in [-0.15, -0.1) is 0 Å². The summed E-state index contributed by atoms with van der Waals surface area (Å²) in [7, 11) is 0. The molecule has 18 heavy (non-hydrogen) atoms. The highest BCUT2D eigenvalue weighted by molar-refractivity contribution is 5.67. The normalized spacial score (nSPS) is 18.9. The number of carboxylic acids is 1. The van der Waals surface area contributed by atoms with E-state index in [1.165, 1.54) is 18.3 Å². The average molecular weight is 251 g/mol. The number of aliphatic carboxylic acids is 1. The highest BCUT2D eigenvalue weighted by atomic mass is 16.6. The van der Waals surface area contributed by atoms with Gasteiger partial charge in [-0.2, -0.15) is 0 Å². The fourth-order valence-corrected chi connectivity index (χ4v) is 2.15. The van der Waals surface area contributed by atoms with Crippen LogP contribution in [0.15, 0.2) is 18.3 Å². The SMILES string of the molecule is O=C(O)CC1CCN(c2cc([N+](=O)[O-])ccn2)C1. The fourth-order valence-electron chi connectivity index (χ4n) is 2.15. The molecule has 7 nitrogen and oxygen atoms in total. The van der Waals surface area contributed by atoms with Crippen LogP contribution in [0.2, 0.25) is 0 Å². The summed E-state index contributed by atoms with van der Waals surface area (Å²) >= 11 is 0. The van der Waals surface area contributed by atoms with Crippen LogP contribution < -0.4 is 4.90 Å². The third-order valence-corrected chi connectivity index (χ3v) is 3.01. The van der Waals surface area contributed by atoms with Crippen LogP contribution in [-0.4, -0.2) is 34.1 Å². The lowest BCUT2D eigenvalue weighted by Gasteiger charge is -2.16. The largest absolute Gasteiger partial charge is 0.481 e. The lowest BCUT2D eigenvalue weighted by Crippen LogP contribution is -2.21. The zero-order valence-corrected chi connectivity index (χ0v) is 9.65. The third-order valence-electron chi connectivity index (χ3n) is 3.01. The minimum atomic E-state index is -0.811. The number of nitro groups is 1. The van der Waals surface area contributed by atoms with Gasteiger partial charge in [0.1, 0.15) is 5.82 Å². The van der Waals surface area contributed by atoms with Crippen LogP contribution in [0.3, 0.4) is 0 Å². The number of hydrogen-bond donors (Lipinski definition) is 1. The number of rotatable bonds is 4. The third kappa shape index (κ3) is 2.73. The van der Waals surface area contributed by atoms with E-state index in [1.807, 2.05) is 4.90 Å². The fraction of sp³-hybridized carbons (Fsp3) is 0.455. The molecule has 96 valence electrons. The van der Waals surface area contributed by atoms with Crippen LogP contribution >= 0.6 is 0 Å². The van der Waals surface area contributed by atoms with Gasteiger partial charge in [0, 0.05) is 31.8 Å². The standard InChI is InChI=1S/C11H13N3O4/c15-11(16)5-8-2-4-13(7-8)10-6-9(14(17)18)1-3-12-10/h1,3,6,8H,2,4-5,7H2,(H,15,16). The predicted octanol–water partition coefficient (Wildman–Crippen LogP) is 1.29. The second-order valence-electron chi connectivity index (χ2n) is 4.33. The van der Waals surface area contributed by atoms with Crippen molar-refractivity contribution < 1.29 is 14.8 Å². The molecule has 1 unspecified atom stereocenters. The van der Waals surface area contributed by atoms with Gasteiger partial charge in [-0.25, -0.2) is 4.98 Å². The number of carbonyl (C=O) groups is 1. The van der Waals surface area contributed by atoms with Crippen molar-refractivity contribution in [3.63, 3.8) is 0 Å². The van der Waals surface area contributed by atoms with E-state index in [9.17, 15) is 14.9 Å². The summed E-state index contributed by atoms with van der Waals surface area (Å²) in [6.45, 7) is 1.27. The van der Waals surface area contributed by atoms with Crippen molar-refractivity contribution in [2.24, 2.45) is 5.92 Å². The van der Waals surface area contributed by atoms with Crippen molar-refractivity contribution in [1.29, 1.82) is 0 Å². The summed E-state index contributed by atoms with van der Waals surface area (Å²) in [5.41, 5.74) is 0.00156. The number of carboxylic acid groups (broad SMARTS) is 1. The van der Waals surface area contributed by atoms with Crippen LogP contribution in [0.25, 0.3) is 0 Å². The Balaban J connectivity index is 2.07. The summed E-state index contributed by atoms with van der Waals surface area (Å²) in [6.07, 6.45) is 2.31. The molecule has 1 aromatic rings. The Kier molecular flexibility index (Phi) is 3.40. The van der Waals surface area contributed by atoms with Gasteiger partial charge in [0.05, 0.1) is 11.0 Å². The first-order valence-electron chi connectivity index (χ1n) is 5.63. The number of pyridine rings is 1. The Morgan fingerprint density at radius 3 is 3.11 bits per heavy atom. The molecule has 1 aromatic heterocycles. The molecule has 0 amide bonds. The average Bonchev–Trinajstić information content (AvgIpc) is 2.77. The Hall–Kier alpha value is -2.18. The van der Waals surface area contributed by atoms with Gasteiger partial charge < -0.3 is 10.0 Å². The number of anilines is 1. The topological polar surface area (TPSA) is 96.6 Å². The molecule has 0 saturated carbocycles. The van der Waals surface area contributed by atoms with Crippen LogP contribution in [0, 0.1) is 16.0 Å². The van der Waals surface area contributed by atoms with E-state index in [4.69, 9.17) is 5.11 Å². The first kappa shape index (κ1) is 12.3. The molecule has 0 aliphatic carbocycles. The van der Waals surface area contributed by atoms with Crippen LogP contribution in [0.1, 0.15) is 12.8 Å². The van der Waals surface area contributed by atoms with E-state index >= 15 is 0 Å². The summed E-state index contributed by atoms with van der Waals surface area (Å²) in [6, 6.07) is 2.76. The summed E-state index contributed by atoms with van der Waals surface area (Å²) in [4.78, 5) is 26.8. The molecule has 2 rings (SSSR count). The minimum absolute atomic E-state index is 0.00156. The van der Waals surface area contributed by atoms with Gasteiger partial charge in [0.15, 0.2) is 0 Å². The van der Waals surface area contributed by atoms with Crippen molar-refractivity contribution in [3.05, 3.63) is 28.4 Å². The molecular weight excluding hydrogens is 238 g/mol.